The number of halogens is 2. The lowest BCUT2D eigenvalue weighted by Gasteiger charge is -2.11. The highest BCUT2D eigenvalue weighted by atomic mass is 79.9. The van der Waals surface area contributed by atoms with Crippen LogP contribution in [0.1, 0.15) is 33.6 Å². The van der Waals surface area contributed by atoms with Gasteiger partial charge in [-0.3, -0.25) is 9.59 Å². The van der Waals surface area contributed by atoms with Gasteiger partial charge in [-0.25, -0.2) is 4.57 Å². The minimum Gasteiger partial charge on any atom is -0.323 e. The Morgan fingerprint density at radius 2 is 2.08 bits per heavy atom. The zero-order valence-corrected chi connectivity index (χ0v) is 16.9. The molecule has 3 aromatic rings. The zero-order valence-electron chi connectivity index (χ0n) is 12.9. The topological polar surface area (TPSA) is 54.9 Å². The fourth-order valence-corrected chi connectivity index (χ4v) is 5.38. The van der Waals surface area contributed by atoms with E-state index in [9.17, 15) is 9.59 Å². The maximum atomic E-state index is 13.1. The Morgan fingerprint density at radius 1 is 1.32 bits per heavy atom. The van der Waals surface area contributed by atoms with Gasteiger partial charge in [0.15, 0.2) is 4.77 Å². The second-order valence-corrected chi connectivity index (χ2v) is 8.73. The number of rotatable bonds is 1. The number of carbonyl (C=O) groups is 1. The molecule has 1 aromatic carbocycles. The number of fused-ring (bicyclic) bond motifs is 3. The first-order valence-electron chi connectivity index (χ1n) is 7.76. The lowest BCUT2D eigenvalue weighted by Crippen LogP contribution is -2.29. The van der Waals surface area contributed by atoms with Crippen molar-refractivity contribution in [3.05, 3.63) is 58.8 Å². The van der Waals surface area contributed by atoms with E-state index in [1.165, 1.54) is 4.88 Å². The highest BCUT2D eigenvalue weighted by molar-refractivity contribution is 9.10. The third-order valence-corrected chi connectivity index (χ3v) is 6.69. The number of nitrogens with zero attached hydrogens (tertiary/aromatic N) is 1. The molecule has 0 bridgehead atoms. The molecule has 8 heteroatoms. The number of thiophene rings is 1. The molecule has 2 heterocycles. The molecule has 128 valence electrons. The Kier molecular flexibility index (Phi) is 4.43. The summed E-state index contributed by atoms with van der Waals surface area (Å²) in [5.41, 5.74) is 0.935. The van der Waals surface area contributed by atoms with Crippen LogP contribution in [0.25, 0.3) is 10.2 Å². The first-order chi connectivity index (χ1) is 12.0. The summed E-state index contributed by atoms with van der Waals surface area (Å²) in [7, 11) is 0. The molecule has 1 aliphatic rings. The number of aromatic nitrogens is 2. The second kappa shape index (κ2) is 6.46. The molecule has 4 rings (SSSR count). The predicted molar refractivity (Wildman–Crippen MR) is 107 cm³/mol. The normalized spacial score (nSPS) is 13.8. The number of nitrogens with one attached hydrogen (secondary N) is 1. The number of hydrogen-bond donors (Lipinski definition) is 1. The van der Waals surface area contributed by atoms with Crippen LogP contribution in [0.2, 0.25) is 5.02 Å². The molecule has 2 aromatic heterocycles. The molecule has 1 aliphatic carbocycles. The Balaban J connectivity index is 1.99. The van der Waals surface area contributed by atoms with Crippen molar-refractivity contribution in [2.24, 2.45) is 0 Å². The summed E-state index contributed by atoms with van der Waals surface area (Å²) in [6.07, 6.45) is 4.02. The van der Waals surface area contributed by atoms with E-state index in [1.807, 2.05) is 0 Å². The SMILES string of the molecule is O=C(c1cc(Br)ccc1Cl)n1c(=S)[nH]c2sc3c(c2c1=O)CCCC3. The quantitative estimate of drug-likeness (QED) is 0.519. The molecular formula is C17H12BrClN2O2S2. The largest absolute Gasteiger partial charge is 0.323 e. The summed E-state index contributed by atoms with van der Waals surface area (Å²) >= 11 is 16.4. The third kappa shape index (κ3) is 2.83. The fraction of sp³-hybridized carbons (Fsp3) is 0.235. The summed E-state index contributed by atoms with van der Waals surface area (Å²) in [5.74, 6) is -0.518. The van der Waals surface area contributed by atoms with E-state index in [4.69, 9.17) is 23.8 Å². The van der Waals surface area contributed by atoms with Gasteiger partial charge in [0, 0.05) is 9.35 Å². The third-order valence-electron chi connectivity index (χ3n) is 4.37. The molecule has 0 fully saturated rings. The minimum atomic E-state index is -0.518. The molecule has 25 heavy (non-hydrogen) atoms. The number of hydrogen-bond acceptors (Lipinski definition) is 4. The summed E-state index contributed by atoms with van der Waals surface area (Å²) in [4.78, 5) is 31.1. The zero-order chi connectivity index (χ0) is 17.7. The van der Waals surface area contributed by atoms with Gasteiger partial charge in [0.1, 0.15) is 4.83 Å². The predicted octanol–water partition coefficient (Wildman–Crippen LogP) is 5.10. The summed E-state index contributed by atoms with van der Waals surface area (Å²) in [6, 6.07) is 4.95. The van der Waals surface area contributed by atoms with E-state index < -0.39 is 5.91 Å². The van der Waals surface area contributed by atoms with Crippen molar-refractivity contribution in [1.82, 2.24) is 9.55 Å². The highest BCUT2D eigenvalue weighted by Crippen LogP contribution is 2.33. The van der Waals surface area contributed by atoms with Gasteiger partial charge in [-0.2, -0.15) is 0 Å². The Hall–Kier alpha value is -1.28. The first kappa shape index (κ1) is 17.1. The van der Waals surface area contributed by atoms with Gasteiger partial charge in [0.05, 0.1) is 16.0 Å². The van der Waals surface area contributed by atoms with E-state index in [0.29, 0.717) is 9.86 Å². The Bertz CT molecular complexity index is 1150. The Morgan fingerprint density at radius 3 is 2.88 bits per heavy atom. The Labute approximate surface area is 165 Å². The molecule has 4 nitrogen and oxygen atoms in total. The number of benzene rings is 1. The minimum absolute atomic E-state index is 0.0946. The van der Waals surface area contributed by atoms with E-state index in [2.05, 4.69) is 20.9 Å². The maximum Gasteiger partial charge on any atom is 0.270 e. The fourth-order valence-electron chi connectivity index (χ4n) is 3.20. The highest BCUT2D eigenvalue weighted by Gasteiger charge is 2.23. The van der Waals surface area contributed by atoms with Crippen molar-refractivity contribution in [2.75, 3.05) is 0 Å². The van der Waals surface area contributed by atoms with Crippen LogP contribution in [0, 0.1) is 4.77 Å². The van der Waals surface area contributed by atoms with Crippen molar-refractivity contribution >= 4 is 67.2 Å². The van der Waals surface area contributed by atoms with E-state index in [0.717, 1.165) is 40.6 Å². The van der Waals surface area contributed by atoms with Crippen LogP contribution in [-0.2, 0) is 12.8 Å². The van der Waals surface area contributed by atoms with Gasteiger partial charge < -0.3 is 4.98 Å². The monoisotopic (exact) mass is 454 g/mol. The van der Waals surface area contributed by atoms with Crippen molar-refractivity contribution in [3.63, 3.8) is 0 Å². The molecule has 1 N–H and O–H groups in total. The van der Waals surface area contributed by atoms with Gasteiger partial charge in [0.25, 0.3) is 11.5 Å². The lowest BCUT2D eigenvalue weighted by molar-refractivity contribution is 0.0953. The second-order valence-electron chi connectivity index (χ2n) is 5.92. The molecule has 0 unspecified atom stereocenters. The van der Waals surface area contributed by atoms with Crippen LogP contribution >= 0.6 is 51.1 Å². The molecule has 0 aliphatic heterocycles. The summed E-state index contributed by atoms with van der Waals surface area (Å²) < 4.78 is 1.82. The molecule has 0 radical (unpaired) electrons. The smallest absolute Gasteiger partial charge is 0.270 e. The van der Waals surface area contributed by atoms with E-state index in [-0.39, 0.29) is 20.9 Å². The van der Waals surface area contributed by atoms with Crippen LogP contribution in [-0.4, -0.2) is 15.5 Å². The first-order valence-corrected chi connectivity index (χ1v) is 10.2. The van der Waals surface area contributed by atoms with Crippen LogP contribution in [0.5, 0.6) is 0 Å². The van der Waals surface area contributed by atoms with E-state index >= 15 is 0 Å². The summed E-state index contributed by atoms with van der Waals surface area (Å²) in [5, 5.41) is 0.870. The van der Waals surface area contributed by atoms with Crippen LogP contribution < -0.4 is 5.56 Å². The van der Waals surface area contributed by atoms with Gasteiger partial charge in [0.2, 0.25) is 0 Å². The molecular weight excluding hydrogens is 444 g/mol. The summed E-state index contributed by atoms with van der Waals surface area (Å²) in [6.45, 7) is 0. The van der Waals surface area contributed by atoms with Crippen LogP contribution in [0.4, 0.5) is 0 Å². The molecule has 0 spiro atoms. The van der Waals surface area contributed by atoms with Crippen molar-refractivity contribution in [3.8, 4) is 0 Å². The molecule has 0 amide bonds. The standard InChI is InChI=1S/C17H12BrClN2O2S2/c18-8-5-6-11(19)10(7-8)15(22)21-16(23)13-9-3-1-2-4-12(9)25-14(13)20-17(21)24/h5-7H,1-4H2,(H,20,24). The maximum absolute atomic E-state index is 13.1. The van der Waals surface area contributed by atoms with Gasteiger partial charge in [-0.1, -0.05) is 27.5 Å². The van der Waals surface area contributed by atoms with E-state index in [1.54, 1.807) is 29.5 Å². The number of aromatic amines is 1. The lowest BCUT2D eigenvalue weighted by atomic mass is 9.97. The molecule has 0 saturated carbocycles. The van der Waals surface area contributed by atoms with Gasteiger partial charge in [-0.05, 0) is 61.7 Å². The van der Waals surface area contributed by atoms with Crippen LogP contribution in [0.3, 0.4) is 0 Å². The number of aryl methyl sites for hydroxylation is 2. The van der Waals surface area contributed by atoms with Crippen molar-refractivity contribution < 1.29 is 4.79 Å². The van der Waals surface area contributed by atoms with Crippen molar-refractivity contribution in [2.45, 2.75) is 25.7 Å². The number of carbonyl (C=O) groups excluding carboxylic acids is 1. The van der Waals surface area contributed by atoms with Crippen LogP contribution in [0.15, 0.2) is 27.5 Å². The average molecular weight is 456 g/mol. The number of H-pyrrole nitrogens is 1. The molecule has 0 atom stereocenters. The van der Waals surface area contributed by atoms with Gasteiger partial charge >= 0.3 is 0 Å². The average Bonchev–Trinajstić information content (AvgIpc) is 2.95. The molecule has 0 saturated heterocycles. The van der Waals surface area contributed by atoms with Crippen molar-refractivity contribution in [1.29, 1.82) is 0 Å². The van der Waals surface area contributed by atoms with Gasteiger partial charge in [-0.15, -0.1) is 11.3 Å².